The Morgan fingerprint density at radius 1 is 0.641 bits per heavy atom. The van der Waals surface area contributed by atoms with Gasteiger partial charge in [-0.15, -0.1) is 0 Å². The van der Waals surface area contributed by atoms with Gasteiger partial charge in [-0.25, -0.2) is 9.97 Å². The third-order valence-corrected chi connectivity index (χ3v) is 13.0. The number of rotatable bonds is 40. The Balaban J connectivity index is 1.43. The molecule has 0 saturated carbocycles. The van der Waals surface area contributed by atoms with Gasteiger partial charge in [0.05, 0.1) is 17.6 Å². The van der Waals surface area contributed by atoms with Crippen molar-refractivity contribution in [2.45, 2.75) is 189 Å². The molecule has 0 aliphatic rings. The first-order valence-electron chi connectivity index (χ1n) is 26.2. The zero-order valence-electron chi connectivity index (χ0n) is 42.6. The van der Waals surface area contributed by atoms with Crippen molar-refractivity contribution >= 4 is 33.7 Å². The molecule has 2 aromatic heterocycles. The summed E-state index contributed by atoms with van der Waals surface area (Å²) in [6.45, 7) is 25.5. The van der Waals surface area contributed by atoms with Gasteiger partial charge < -0.3 is 39.4 Å². The lowest BCUT2D eigenvalue weighted by molar-refractivity contribution is -0.157. The molecule has 3 rings (SSSR count). The maximum atomic E-state index is 13.3. The lowest BCUT2D eigenvalue weighted by atomic mass is 10.1. The summed E-state index contributed by atoms with van der Waals surface area (Å²) >= 11 is 0. The van der Waals surface area contributed by atoms with Crippen molar-refractivity contribution in [2.75, 3.05) is 91.9 Å². The number of carbonyl (C=O) groups excluding carboxylic acids is 1. The molecule has 11 heteroatoms. The predicted octanol–water partition coefficient (Wildman–Crippen LogP) is 11.4. The minimum absolute atomic E-state index is 0.153. The number of nitrogens with zero attached hydrogens (tertiary/aromatic N) is 7. The summed E-state index contributed by atoms with van der Waals surface area (Å²) in [5.41, 5.74) is 8.01. The largest absolute Gasteiger partial charge is 0.458 e. The third kappa shape index (κ3) is 22.1. The van der Waals surface area contributed by atoms with Gasteiger partial charge in [-0.3, -0.25) is 4.79 Å². The van der Waals surface area contributed by atoms with Gasteiger partial charge in [0, 0.05) is 57.7 Å². The van der Waals surface area contributed by atoms with Crippen LogP contribution in [0.25, 0.3) is 21.9 Å². The molecule has 0 amide bonds. The Hall–Kier alpha value is -2.83. The lowest BCUT2D eigenvalue weighted by Gasteiger charge is -2.28. The van der Waals surface area contributed by atoms with E-state index in [-0.39, 0.29) is 5.97 Å². The summed E-state index contributed by atoms with van der Waals surface area (Å²) in [5, 5.41) is 0.966. The number of anilines is 1. The van der Waals surface area contributed by atoms with Gasteiger partial charge in [-0.2, -0.15) is 0 Å². The Labute approximate surface area is 391 Å². The molecule has 2 N–H and O–H groups in total. The van der Waals surface area contributed by atoms with Crippen LogP contribution in [-0.4, -0.2) is 132 Å². The number of fused-ring (bicyclic) bond motifs is 3. The Morgan fingerprint density at radius 3 is 1.70 bits per heavy atom. The number of ether oxygens (including phenoxy) is 2. The third-order valence-electron chi connectivity index (χ3n) is 13.0. The zero-order valence-corrected chi connectivity index (χ0v) is 42.6. The van der Waals surface area contributed by atoms with Crippen molar-refractivity contribution in [3.63, 3.8) is 0 Å². The normalized spacial score (nSPS) is 12.4. The number of likely N-dealkylation sites (N-methyl/N-ethyl adjacent to an activating group) is 3. The molecule has 0 aliphatic heterocycles. The Morgan fingerprint density at radius 2 is 1.14 bits per heavy atom. The lowest BCUT2D eigenvalue weighted by Crippen LogP contribution is -2.39. The molecule has 0 unspecified atom stereocenters. The molecular formula is C53H96N8O3. The summed E-state index contributed by atoms with van der Waals surface area (Å²) < 4.78 is 14.1. The highest BCUT2D eigenvalue weighted by Gasteiger charge is 2.28. The van der Waals surface area contributed by atoms with Gasteiger partial charge in [0.2, 0.25) is 0 Å². The summed E-state index contributed by atoms with van der Waals surface area (Å²) in [5.74, 6) is 0.986. The van der Waals surface area contributed by atoms with Crippen LogP contribution >= 0.6 is 0 Å². The van der Waals surface area contributed by atoms with E-state index < -0.39 is 5.60 Å². The summed E-state index contributed by atoms with van der Waals surface area (Å²) in [6, 6.07) is 7.97. The van der Waals surface area contributed by atoms with E-state index >= 15 is 0 Å². The maximum Gasteiger partial charge on any atom is 0.306 e. The maximum absolute atomic E-state index is 13.3. The molecule has 0 spiro atoms. The number of unbranched alkanes of at least 4 members (excludes halogenated alkanes) is 16. The van der Waals surface area contributed by atoms with Crippen molar-refractivity contribution < 1.29 is 14.3 Å². The van der Waals surface area contributed by atoms with Crippen LogP contribution < -0.4 is 5.73 Å². The number of imidazole rings is 1. The molecular weight excluding hydrogens is 797 g/mol. The fourth-order valence-corrected chi connectivity index (χ4v) is 8.82. The van der Waals surface area contributed by atoms with Crippen molar-refractivity contribution in [1.82, 2.24) is 34.1 Å². The molecule has 64 heavy (non-hydrogen) atoms. The van der Waals surface area contributed by atoms with Crippen molar-refractivity contribution in [3.8, 4) is 0 Å². The molecule has 2 heterocycles. The fraction of sp³-hybridized carbons (Fsp3) is 0.792. The van der Waals surface area contributed by atoms with E-state index in [9.17, 15) is 4.79 Å². The minimum Gasteiger partial charge on any atom is -0.458 e. The van der Waals surface area contributed by atoms with Crippen molar-refractivity contribution in [3.05, 3.63) is 30.1 Å². The number of pyridine rings is 1. The molecule has 1 aromatic carbocycles. The van der Waals surface area contributed by atoms with Crippen LogP contribution in [0.4, 0.5) is 5.82 Å². The van der Waals surface area contributed by atoms with Crippen LogP contribution in [-0.2, 0) is 27.4 Å². The number of nitrogens with two attached hydrogens (primary N) is 1. The molecule has 0 radical (unpaired) electrons. The van der Waals surface area contributed by atoms with Gasteiger partial charge >= 0.3 is 5.97 Å². The highest BCUT2D eigenvalue weighted by Crippen LogP contribution is 2.31. The monoisotopic (exact) mass is 893 g/mol. The van der Waals surface area contributed by atoms with Crippen LogP contribution in [0.1, 0.15) is 176 Å². The van der Waals surface area contributed by atoms with E-state index in [1.54, 1.807) is 0 Å². The second-order valence-corrected chi connectivity index (χ2v) is 19.3. The average molecular weight is 893 g/mol. The quantitative estimate of drug-likeness (QED) is 0.0438. The Bertz CT molecular complexity index is 1660. The van der Waals surface area contributed by atoms with Crippen LogP contribution in [0.15, 0.2) is 24.3 Å². The fourth-order valence-electron chi connectivity index (χ4n) is 8.82. The van der Waals surface area contributed by atoms with Crippen molar-refractivity contribution in [2.24, 2.45) is 0 Å². The van der Waals surface area contributed by atoms with Gasteiger partial charge in [-0.05, 0) is 92.8 Å². The number of para-hydroxylation sites is 1. The van der Waals surface area contributed by atoms with Gasteiger partial charge in [-0.1, -0.05) is 135 Å². The second-order valence-electron chi connectivity index (χ2n) is 19.3. The zero-order chi connectivity index (χ0) is 46.4. The number of hydrogen-bond acceptors (Lipinski definition) is 10. The molecule has 0 bridgehead atoms. The van der Waals surface area contributed by atoms with E-state index in [1.807, 2.05) is 45.0 Å². The van der Waals surface area contributed by atoms with E-state index in [0.29, 0.717) is 37.5 Å². The molecule has 3 aromatic rings. The van der Waals surface area contributed by atoms with E-state index in [2.05, 4.69) is 64.0 Å². The smallest absolute Gasteiger partial charge is 0.306 e. The number of esters is 1. The molecule has 0 fully saturated rings. The summed E-state index contributed by atoms with van der Waals surface area (Å²) in [7, 11) is 4.58. The highest BCUT2D eigenvalue weighted by atomic mass is 16.6. The van der Waals surface area contributed by atoms with Crippen molar-refractivity contribution in [1.29, 1.82) is 0 Å². The Kier molecular flexibility index (Phi) is 28.4. The topological polar surface area (TPSA) is 105 Å². The highest BCUT2D eigenvalue weighted by molar-refractivity contribution is 6.06. The van der Waals surface area contributed by atoms with Gasteiger partial charge in [0.1, 0.15) is 23.5 Å². The molecule has 0 aliphatic carbocycles. The first-order valence-corrected chi connectivity index (χ1v) is 26.2. The molecule has 0 atom stereocenters. The van der Waals surface area contributed by atoms with E-state index in [1.165, 1.54) is 116 Å². The predicted molar refractivity (Wildman–Crippen MR) is 272 cm³/mol. The van der Waals surface area contributed by atoms with Crippen LogP contribution in [0.2, 0.25) is 0 Å². The summed E-state index contributed by atoms with van der Waals surface area (Å²) in [4.78, 5) is 33.1. The van der Waals surface area contributed by atoms with Crippen LogP contribution in [0.3, 0.4) is 0 Å². The molecule has 11 nitrogen and oxygen atoms in total. The number of hydrogen-bond donors (Lipinski definition) is 1. The minimum atomic E-state index is -0.763. The van der Waals surface area contributed by atoms with Crippen LogP contribution in [0, 0.1) is 0 Å². The number of aromatic nitrogens is 3. The standard InChI is InChI=1S/C53H96N8O3/c1-9-13-15-17-19-21-23-29-35-59(11-3)42-40-57(7)38-39-58(8)41-43-60(36-30-24-22-20-18-16-14-10-2)37-31-25-26-34-49(62)64-53(5,6)45-61-48(44-63-12-4)56-50-51(61)46-32-27-28-33-47(46)55-52(50)54/h27-28,32-33H,9-26,29-31,34-45H2,1-8H3,(H2,54,55). The van der Waals surface area contributed by atoms with Gasteiger partial charge in [0.15, 0.2) is 5.82 Å². The number of carbonyl (C=O) groups is 1. The van der Waals surface area contributed by atoms with E-state index in [4.69, 9.17) is 20.2 Å². The summed E-state index contributed by atoms with van der Waals surface area (Å²) in [6.07, 6.45) is 25.2. The number of benzene rings is 1. The average Bonchev–Trinajstić information content (AvgIpc) is 3.63. The first-order chi connectivity index (χ1) is 31.0. The molecule has 0 saturated heterocycles. The van der Waals surface area contributed by atoms with E-state index in [0.717, 1.165) is 93.9 Å². The molecule has 366 valence electrons. The van der Waals surface area contributed by atoms with Crippen LogP contribution in [0.5, 0.6) is 0 Å². The van der Waals surface area contributed by atoms with Gasteiger partial charge in [0.25, 0.3) is 0 Å². The SMILES string of the molecule is CCCCCCCCCCN(CC)CCN(C)CCN(C)CCN(CCCCCCCCCC)CCCCCC(=O)OC(C)(C)Cn1c(COCC)nc2c(N)nc3ccccc3c21. The number of nitrogen functional groups attached to an aromatic ring is 1. The first kappa shape index (κ1) is 55.5. The second kappa shape index (κ2) is 32.8.